The summed E-state index contributed by atoms with van der Waals surface area (Å²) in [7, 11) is 0. The molecule has 1 rings (SSSR count). The van der Waals surface area contributed by atoms with Gasteiger partial charge in [0.1, 0.15) is 0 Å². The van der Waals surface area contributed by atoms with E-state index in [0.717, 1.165) is 0 Å². The highest BCUT2D eigenvalue weighted by atomic mass is 35.5. The lowest BCUT2D eigenvalue weighted by Gasteiger charge is -2.37. The SMILES string of the molecule is Cl.N#CC1(C(F)(F)F)CCCCC1N. The molecule has 2 N–H and O–H groups in total. The van der Waals surface area contributed by atoms with Gasteiger partial charge in [0.25, 0.3) is 0 Å². The third kappa shape index (κ3) is 1.96. The number of halogens is 4. The molecule has 0 aliphatic heterocycles. The largest absolute Gasteiger partial charge is 0.408 e. The zero-order valence-corrected chi connectivity index (χ0v) is 8.29. The van der Waals surface area contributed by atoms with Crippen LogP contribution in [0.1, 0.15) is 25.7 Å². The average Bonchev–Trinajstić information content (AvgIpc) is 2.03. The maximum absolute atomic E-state index is 12.5. The van der Waals surface area contributed by atoms with Crippen molar-refractivity contribution in [1.29, 1.82) is 5.26 Å². The molecule has 0 heterocycles. The number of alkyl halides is 3. The molecule has 0 aromatic rings. The van der Waals surface area contributed by atoms with Crippen LogP contribution in [0.15, 0.2) is 0 Å². The second-order valence-electron chi connectivity index (χ2n) is 3.43. The van der Waals surface area contributed by atoms with Crippen molar-refractivity contribution in [3.63, 3.8) is 0 Å². The van der Waals surface area contributed by atoms with Gasteiger partial charge in [0.05, 0.1) is 6.07 Å². The van der Waals surface area contributed by atoms with Crippen molar-refractivity contribution >= 4 is 12.4 Å². The van der Waals surface area contributed by atoms with Crippen LogP contribution in [0.3, 0.4) is 0 Å². The van der Waals surface area contributed by atoms with E-state index in [9.17, 15) is 13.2 Å². The highest BCUT2D eigenvalue weighted by Gasteiger charge is 2.59. The number of nitriles is 1. The Morgan fingerprint density at radius 3 is 2.21 bits per heavy atom. The molecule has 0 radical (unpaired) electrons. The van der Waals surface area contributed by atoms with Crippen LogP contribution in [0.25, 0.3) is 0 Å². The number of nitrogens with zero attached hydrogens (tertiary/aromatic N) is 1. The molecule has 1 saturated carbocycles. The van der Waals surface area contributed by atoms with Gasteiger partial charge < -0.3 is 5.73 Å². The summed E-state index contributed by atoms with van der Waals surface area (Å²) in [5.74, 6) is 0. The summed E-state index contributed by atoms with van der Waals surface area (Å²) in [6, 6.07) is 0.293. The van der Waals surface area contributed by atoms with Crippen molar-refractivity contribution in [2.24, 2.45) is 11.1 Å². The smallest absolute Gasteiger partial charge is 0.326 e. The van der Waals surface area contributed by atoms with Gasteiger partial charge in [-0.05, 0) is 12.8 Å². The maximum Gasteiger partial charge on any atom is 0.408 e. The van der Waals surface area contributed by atoms with E-state index in [0.29, 0.717) is 12.8 Å². The van der Waals surface area contributed by atoms with E-state index >= 15 is 0 Å². The summed E-state index contributed by atoms with van der Waals surface area (Å²) in [5.41, 5.74) is 3.07. The van der Waals surface area contributed by atoms with Crippen LogP contribution < -0.4 is 5.73 Å². The highest BCUT2D eigenvalue weighted by molar-refractivity contribution is 5.85. The van der Waals surface area contributed by atoms with Gasteiger partial charge in [-0.2, -0.15) is 18.4 Å². The molecule has 1 fully saturated rings. The second kappa shape index (κ2) is 4.37. The minimum atomic E-state index is -4.50. The zero-order valence-electron chi connectivity index (χ0n) is 7.47. The zero-order chi connectivity index (χ0) is 10.1. The van der Waals surface area contributed by atoms with Gasteiger partial charge in [-0.25, -0.2) is 0 Å². The second-order valence-corrected chi connectivity index (χ2v) is 3.43. The van der Waals surface area contributed by atoms with Crippen molar-refractivity contribution in [1.82, 2.24) is 0 Å². The average molecular weight is 229 g/mol. The lowest BCUT2D eigenvalue weighted by Crippen LogP contribution is -2.52. The van der Waals surface area contributed by atoms with Gasteiger partial charge >= 0.3 is 6.18 Å². The summed E-state index contributed by atoms with van der Waals surface area (Å²) in [4.78, 5) is 0. The van der Waals surface area contributed by atoms with Gasteiger partial charge in [0, 0.05) is 6.04 Å². The Labute approximate surface area is 86.7 Å². The Bertz CT molecular complexity index is 236. The summed E-state index contributed by atoms with van der Waals surface area (Å²) in [6.45, 7) is 0. The molecule has 2 atom stereocenters. The molecule has 0 aromatic heterocycles. The van der Waals surface area contributed by atoms with Crippen LogP contribution in [-0.4, -0.2) is 12.2 Å². The summed E-state index contributed by atoms with van der Waals surface area (Å²) >= 11 is 0. The standard InChI is InChI=1S/C8H11F3N2.ClH/c9-8(10,11)7(5-12)4-2-1-3-6(7)13;/h6H,1-4,13H2;1H. The molecule has 2 unspecified atom stereocenters. The molecular weight excluding hydrogens is 217 g/mol. The molecule has 0 saturated heterocycles. The molecule has 0 spiro atoms. The third-order valence-corrected chi connectivity index (χ3v) is 2.67. The van der Waals surface area contributed by atoms with Crippen molar-refractivity contribution in [3.05, 3.63) is 0 Å². The molecule has 1 aliphatic carbocycles. The predicted molar refractivity (Wildman–Crippen MR) is 47.8 cm³/mol. The first-order chi connectivity index (χ1) is 5.94. The Kier molecular flexibility index (Phi) is 4.22. The lowest BCUT2D eigenvalue weighted by atomic mass is 9.71. The van der Waals surface area contributed by atoms with Gasteiger partial charge in [-0.1, -0.05) is 12.8 Å². The molecular formula is C8H12ClF3N2. The molecule has 0 aromatic carbocycles. The van der Waals surface area contributed by atoms with Crippen molar-refractivity contribution in [3.8, 4) is 6.07 Å². The van der Waals surface area contributed by atoms with Crippen LogP contribution in [0.2, 0.25) is 0 Å². The normalized spacial score (nSPS) is 32.9. The van der Waals surface area contributed by atoms with Crippen LogP contribution in [0, 0.1) is 16.7 Å². The molecule has 2 nitrogen and oxygen atoms in total. The number of rotatable bonds is 0. The van der Waals surface area contributed by atoms with Crippen LogP contribution in [-0.2, 0) is 0 Å². The fraction of sp³-hybridized carbons (Fsp3) is 0.875. The summed E-state index contributed by atoms with van der Waals surface area (Å²) in [6.07, 6.45) is -3.26. The predicted octanol–water partition coefficient (Wildman–Crippen LogP) is 2.38. The van der Waals surface area contributed by atoms with E-state index < -0.39 is 17.6 Å². The van der Waals surface area contributed by atoms with E-state index in [-0.39, 0.29) is 25.2 Å². The van der Waals surface area contributed by atoms with Crippen molar-refractivity contribution < 1.29 is 13.2 Å². The first kappa shape index (κ1) is 13.5. The molecule has 0 amide bonds. The molecule has 14 heavy (non-hydrogen) atoms. The number of hydrogen-bond acceptors (Lipinski definition) is 2. The van der Waals surface area contributed by atoms with E-state index in [4.69, 9.17) is 11.0 Å². The van der Waals surface area contributed by atoms with Crippen LogP contribution in [0.5, 0.6) is 0 Å². The molecule has 1 aliphatic rings. The minimum absolute atomic E-state index is 0. The Hall–Kier alpha value is -0.470. The van der Waals surface area contributed by atoms with Gasteiger partial charge in [0.2, 0.25) is 0 Å². The minimum Gasteiger partial charge on any atom is -0.326 e. The molecule has 6 heteroatoms. The fourth-order valence-electron chi connectivity index (χ4n) is 1.75. The fourth-order valence-corrected chi connectivity index (χ4v) is 1.75. The van der Waals surface area contributed by atoms with E-state index in [1.165, 1.54) is 6.07 Å². The summed E-state index contributed by atoms with van der Waals surface area (Å²) in [5, 5.41) is 8.60. The quantitative estimate of drug-likeness (QED) is 0.692. The maximum atomic E-state index is 12.5. The van der Waals surface area contributed by atoms with Gasteiger partial charge in [-0.15, -0.1) is 12.4 Å². The lowest BCUT2D eigenvalue weighted by molar-refractivity contribution is -0.216. The third-order valence-electron chi connectivity index (χ3n) is 2.67. The Morgan fingerprint density at radius 1 is 1.36 bits per heavy atom. The monoisotopic (exact) mass is 228 g/mol. The van der Waals surface area contributed by atoms with Gasteiger partial charge in [0.15, 0.2) is 5.41 Å². The Morgan fingerprint density at radius 2 is 1.93 bits per heavy atom. The van der Waals surface area contributed by atoms with E-state index in [2.05, 4.69) is 0 Å². The van der Waals surface area contributed by atoms with E-state index in [1.807, 2.05) is 0 Å². The Balaban J connectivity index is 0.00000169. The topological polar surface area (TPSA) is 49.8 Å². The molecule has 82 valence electrons. The van der Waals surface area contributed by atoms with Crippen LogP contribution in [0.4, 0.5) is 13.2 Å². The molecule has 0 bridgehead atoms. The first-order valence-corrected chi connectivity index (χ1v) is 4.17. The number of hydrogen-bond donors (Lipinski definition) is 1. The van der Waals surface area contributed by atoms with Crippen molar-refractivity contribution in [2.75, 3.05) is 0 Å². The number of nitrogens with two attached hydrogens (primary N) is 1. The van der Waals surface area contributed by atoms with E-state index in [1.54, 1.807) is 0 Å². The van der Waals surface area contributed by atoms with Crippen molar-refractivity contribution in [2.45, 2.75) is 37.9 Å². The van der Waals surface area contributed by atoms with Crippen LogP contribution >= 0.6 is 12.4 Å². The summed E-state index contributed by atoms with van der Waals surface area (Å²) < 4.78 is 37.6. The van der Waals surface area contributed by atoms with Gasteiger partial charge in [-0.3, -0.25) is 0 Å². The highest BCUT2D eigenvalue weighted by Crippen LogP contribution is 2.47. The first-order valence-electron chi connectivity index (χ1n) is 4.17.